The summed E-state index contributed by atoms with van der Waals surface area (Å²) < 4.78 is 0. The van der Waals surface area contributed by atoms with Crippen molar-refractivity contribution in [3.63, 3.8) is 0 Å². The van der Waals surface area contributed by atoms with Crippen molar-refractivity contribution in [2.45, 2.75) is 0 Å². The lowest BCUT2D eigenvalue weighted by Crippen LogP contribution is -2.15. The third kappa shape index (κ3) is 3.12. The molecule has 6 N–H and O–H groups in total. The lowest BCUT2D eigenvalue weighted by atomic mass is 10.1. The van der Waals surface area contributed by atoms with E-state index in [0.717, 1.165) is 18.2 Å². The van der Waals surface area contributed by atoms with Crippen LogP contribution in [0.5, 0.6) is 0 Å². The fourth-order valence-electron chi connectivity index (χ4n) is 1.51. The summed E-state index contributed by atoms with van der Waals surface area (Å²) in [6, 6.07) is 3.21. The first-order valence-electron chi connectivity index (χ1n) is 5.47. The third-order valence-electron chi connectivity index (χ3n) is 2.40. The van der Waals surface area contributed by atoms with Crippen molar-refractivity contribution in [2.24, 2.45) is 0 Å². The number of carbonyl (C=O) groups excluding carboxylic acids is 1. The summed E-state index contributed by atoms with van der Waals surface area (Å²) in [7, 11) is 0. The summed E-state index contributed by atoms with van der Waals surface area (Å²) in [6.07, 6.45) is 0. The van der Waals surface area contributed by atoms with E-state index in [9.17, 15) is 14.4 Å². The number of hydrogen-bond donors (Lipinski definition) is 5. The summed E-state index contributed by atoms with van der Waals surface area (Å²) in [4.78, 5) is 37.3. The van der Waals surface area contributed by atoms with Crippen LogP contribution in [-0.4, -0.2) is 43.2 Å². The van der Waals surface area contributed by atoms with Crippen LogP contribution in [0.2, 0.25) is 0 Å². The van der Waals surface area contributed by atoms with Crippen LogP contribution in [0.15, 0.2) is 18.2 Å². The second kappa shape index (κ2) is 5.28. The van der Waals surface area contributed by atoms with E-state index in [1.54, 1.807) is 0 Å². The van der Waals surface area contributed by atoms with Crippen LogP contribution < -0.4 is 11.1 Å². The van der Waals surface area contributed by atoms with Crippen molar-refractivity contribution in [1.29, 1.82) is 0 Å². The van der Waals surface area contributed by atoms with Gasteiger partial charge in [0.2, 0.25) is 11.8 Å². The van der Waals surface area contributed by atoms with E-state index < -0.39 is 17.8 Å². The molecule has 2 aromatic rings. The Balaban J connectivity index is 2.32. The predicted octanol–water partition coefficient (Wildman–Crippen LogP) is 0.0356. The number of nitrogens with two attached hydrogens (primary N) is 1. The Kier molecular flexibility index (Phi) is 3.52. The molecule has 0 aliphatic rings. The Hall–Kier alpha value is -3.43. The Morgan fingerprint density at radius 2 is 1.67 bits per heavy atom. The zero-order valence-electron chi connectivity index (χ0n) is 10.3. The quantitative estimate of drug-likeness (QED) is 0.525. The number of nitrogen functional groups attached to an aromatic ring is 1. The van der Waals surface area contributed by atoms with Crippen LogP contribution >= 0.6 is 0 Å². The number of rotatable bonds is 4. The number of aromatic amines is 1. The molecule has 0 aliphatic carbocycles. The van der Waals surface area contributed by atoms with Gasteiger partial charge in [-0.25, -0.2) is 9.59 Å². The van der Waals surface area contributed by atoms with Gasteiger partial charge in [-0.1, -0.05) is 0 Å². The molecule has 0 spiro atoms. The number of benzene rings is 1. The van der Waals surface area contributed by atoms with Crippen molar-refractivity contribution < 1.29 is 24.6 Å². The molecule has 0 fully saturated rings. The number of aromatic nitrogens is 3. The van der Waals surface area contributed by atoms with Gasteiger partial charge < -0.3 is 21.3 Å². The molecule has 0 saturated carbocycles. The van der Waals surface area contributed by atoms with E-state index in [-0.39, 0.29) is 28.6 Å². The molecule has 1 heterocycles. The Morgan fingerprint density at radius 3 is 2.10 bits per heavy atom. The topological polar surface area (TPSA) is 171 Å². The minimum absolute atomic E-state index is 0.00716. The van der Waals surface area contributed by atoms with Gasteiger partial charge in [-0.05, 0) is 18.2 Å². The van der Waals surface area contributed by atoms with E-state index >= 15 is 0 Å². The molecule has 1 aromatic carbocycles. The number of carbonyl (C=O) groups is 3. The molecule has 21 heavy (non-hydrogen) atoms. The van der Waals surface area contributed by atoms with Crippen molar-refractivity contribution in [3.05, 3.63) is 35.2 Å². The number of nitrogens with zero attached hydrogens (tertiary/aromatic N) is 2. The average Bonchev–Trinajstić information content (AvgIpc) is 2.85. The number of anilines is 2. The monoisotopic (exact) mass is 291 g/mol. The molecule has 108 valence electrons. The second-order valence-corrected chi connectivity index (χ2v) is 3.91. The number of aromatic carboxylic acids is 2. The summed E-state index contributed by atoms with van der Waals surface area (Å²) in [5.74, 6) is -3.70. The SMILES string of the molecule is Nc1n[nH]c(C(=O)Nc2cc(C(=O)O)cc(C(=O)O)c2)n1. The van der Waals surface area contributed by atoms with Crippen LogP contribution in [0.4, 0.5) is 11.6 Å². The number of H-pyrrole nitrogens is 1. The molecule has 10 nitrogen and oxygen atoms in total. The van der Waals surface area contributed by atoms with Gasteiger partial charge in [-0.15, -0.1) is 5.10 Å². The molecule has 0 unspecified atom stereocenters. The highest BCUT2D eigenvalue weighted by molar-refractivity contribution is 6.03. The van der Waals surface area contributed by atoms with E-state index in [1.165, 1.54) is 0 Å². The Morgan fingerprint density at radius 1 is 1.10 bits per heavy atom. The van der Waals surface area contributed by atoms with Gasteiger partial charge >= 0.3 is 11.9 Å². The molecular formula is C11H9N5O5. The summed E-state index contributed by atoms with van der Waals surface area (Å²) >= 11 is 0. The number of carboxylic acid groups (broad SMARTS) is 2. The molecule has 0 radical (unpaired) electrons. The van der Waals surface area contributed by atoms with Gasteiger partial charge in [0.1, 0.15) is 0 Å². The fourth-order valence-corrected chi connectivity index (χ4v) is 1.51. The normalized spacial score (nSPS) is 10.1. The Bertz CT molecular complexity index is 706. The lowest BCUT2D eigenvalue weighted by molar-refractivity contribution is 0.0696. The predicted molar refractivity (Wildman–Crippen MR) is 69.1 cm³/mol. The van der Waals surface area contributed by atoms with Gasteiger partial charge in [0.05, 0.1) is 11.1 Å². The molecule has 0 saturated heterocycles. The van der Waals surface area contributed by atoms with Crippen LogP contribution in [0.1, 0.15) is 31.3 Å². The number of carboxylic acids is 2. The summed E-state index contributed by atoms with van der Waals surface area (Å²) in [6.45, 7) is 0. The molecular weight excluding hydrogens is 282 g/mol. The first-order valence-corrected chi connectivity index (χ1v) is 5.47. The number of nitrogens with one attached hydrogen (secondary N) is 2. The largest absolute Gasteiger partial charge is 0.478 e. The minimum Gasteiger partial charge on any atom is -0.478 e. The Labute approximate surface area is 116 Å². The van der Waals surface area contributed by atoms with Gasteiger partial charge in [0.15, 0.2) is 0 Å². The molecule has 2 rings (SSSR count). The third-order valence-corrected chi connectivity index (χ3v) is 2.40. The zero-order valence-corrected chi connectivity index (χ0v) is 10.3. The molecule has 1 amide bonds. The molecule has 0 atom stereocenters. The maximum atomic E-state index is 11.8. The first-order chi connectivity index (χ1) is 9.86. The van der Waals surface area contributed by atoms with Crippen molar-refractivity contribution in [3.8, 4) is 0 Å². The molecule has 0 bridgehead atoms. The maximum Gasteiger partial charge on any atom is 0.335 e. The van der Waals surface area contributed by atoms with E-state index in [0.29, 0.717) is 0 Å². The number of amides is 1. The molecule has 1 aromatic heterocycles. The van der Waals surface area contributed by atoms with Crippen molar-refractivity contribution in [2.75, 3.05) is 11.1 Å². The summed E-state index contributed by atoms with van der Waals surface area (Å²) in [5.41, 5.74) is 4.69. The highest BCUT2D eigenvalue weighted by Gasteiger charge is 2.15. The number of hydrogen-bond acceptors (Lipinski definition) is 6. The van der Waals surface area contributed by atoms with Gasteiger partial charge in [-0.3, -0.25) is 9.89 Å². The van der Waals surface area contributed by atoms with Crippen molar-refractivity contribution >= 4 is 29.5 Å². The van der Waals surface area contributed by atoms with Crippen molar-refractivity contribution in [1.82, 2.24) is 15.2 Å². The highest BCUT2D eigenvalue weighted by atomic mass is 16.4. The lowest BCUT2D eigenvalue weighted by Gasteiger charge is -2.06. The maximum absolute atomic E-state index is 11.8. The zero-order chi connectivity index (χ0) is 15.6. The van der Waals surface area contributed by atoms with Crippen LogP contribution in [-0.2, 0) is 0 Å². The van der Waals surface area contributed by atoms with Crippen LogP contribution in [0.3, 0.4) is 0 Å². The standard InChI is InChI=1S/C11H9N5O5/c12-11-14-7(15-16-11)8(17)13-6-2-4(9(18)19)1-5(3-6)10(20)21/h1-3H,(H,13,17)(H,18,19)(H,20,21)(H3,12,14,15,16). The first kappa shape index (κ1) is 14.0. The van der Waals surface area contributed by atoms with Gasteiger partial charge in [0.25, 0.3) is 5.91 Å². The van der Waals surface area contributed by atoms with E-state index in [4.69, 9.17) is 15.9 Å². The van der Waals surface area contributed by atoms with E-state index in [2.05, 4.69) is 20.5 Å². The summed E-state index contributed by atoms with van der Waals surface area (Å²) in [5, 5.41) is 25.9. The second-order valence-electron chi connectivity index (χ2n) is 3.91. The fraction of sp³-hybridized carbons (Fsp3) is 0. The van der Waals surface area contributed by atoms with Crippen LogP contribution in [0, 0.1) is 0 Å². The van der Waals surface area contributed by atoms with Gasteiger partial charge in [0, 0.05) is 5.69 Å². The minimum atomic E-state index is -1.32. The van der Waals surface area contributed by atoms with E-state index in [1.807, 2.05) is 0 Å². The molecule has 10 heteroatoms. The smallest absolute Gasteiger partial charge is 0.335 e. The average molecular weight is 291 g/mol. The van der Waals surface area contributed by atoms with Crippen LogP contribution in [0.25, 0.3) is 0 Å². The highest BCUT2D eigenvalue weighted by Crippen LogP contribution is 2.16. The molecule has 0 aliphatic heterocycles. The van der Waals surface area contributed by atoms with Gasteiger partial charge in [-0.2, -0.15) is 4.98 Å².